The molecule has 6 nitrogen and oxygen atoms in total. The molecule has 0 aliphatic rings. The van der Waals surface area contributed by atoms with Gasteiger partial charge in [-0.3, -0.25) is 9.59 Å². The largest absolute Gasteiger partial charge is 0.483 e. The third-order valence-corrected chi connectivity index (χ3v) is 3.71. The topological polar surface area (TPSA) is 70.7 Å². The van der Waals surface area contributed by atoms with E-state index in [-0.39, 0.29) is 18.2 Å². The number of carbonyl (C=O) groups is 2. The Balaban J connectivity index is 1.90. The molecule has 0 aromatic heterocycles. The van der Waals surface area contributed by atoms with E-state index in [0.717, 1.165) is 13.0 Å². The first-order chi connectivity index (χ1) is 13.0. The van der Waals surface area contributed by atoms with E-state index < -0.39 is 11.7 Å². The van der Waals surface area contributed by atoms with E-state index in [4.69, 9.17) is 4.74 Å². The van der Waals surface area contributed by atoms with Crippen LogP contribution in [0.15, 0.2) is 48.5 Å². The summed E-state index contributed by atoms with van der Waals surface area (Å²) in [5, 5.41) is 5.27. The summed E-state index contributed by atoms with van der Waals surface area (Å²) < 4.78 is 19.0. The second-order valence-electron chi connectivity index (χ2n) is 6.23. The molecule has 7 heteroatoms. The van der Waals surface area contributed by atoms with Crippen LogP contribution in [0.1, 0.15) is 16.8 Å². The quantitative estimate of drug-likeness (QED) is 0.663. The Morgan fingerprint density at radius 3 is 2.52 bits per heavy atom. The molecule has 27 heavy (non-hydrogen) atoms. The van der Waals surface area contributed by atoms with Gasteiger partial charge in [-0.1, -0.05) is 24.3 Å². The molecular weight excluding hydrogens is 349 g/mol. The molecule has 2 aromatic carbocycles. The summed E-state index contributed by atoms with van der Waals surface area (Å²) in [5.41, 5.74) is 0.430. The number of rotatable bonds is 9. The second-order valence-corrected chi connectivity index (χ2v) is 6.23. The summed E-state index contributed by atoms with van der Waals surface area (Å²) in [7, 11) is 3.94. The molecule has 0 saturated carbocycles. The van der Waals surface area contributed by atoms with Crippen molar-refractivity contribution in [2.24, 2.45) is 0 Å². The fourth-order valence-electron chi connectivity index (χ4n) is 2.36. The van der Waals surface area contributed by atoms with Gasteiger partial charge in [0, 0.05) is 6.54 Å². The monoisotopic (exact) mass is 373 g/mol. The number of para-hydroxylation sites is 2. The van der Waals surface area contributed by atoms with Crippen molar-refractivity contribution in [1.82, 2.24) is 10.2 Å². The molecule has 0 saturated heterocycles. The number of carbonyl (C=O) groups excluding carboxylic acids is 2. The zero-order valence-corrected chi connectivity index (χ0v) is 15.5. The Morgan fingerprint density at radius 2 is 1.78 bits per heavy atom. The summed E-state index contributed by atoms with van der Waals surface area (Å²) in [4.78, 5) is 26.4. The molecule has 0 unspecified atom stereocenters. The summed E-state index contributed by atoms with van der Waals surface area (Å²) in [6, 6.07) is 12.6. The number of hydrogen-bond acceptors (Lipinski definition) is 4. The molecule has 0 spiro atoms. The van der Waals surface area contributed by atoms with Gasteiger partial charge in [0.2, 0.25) is 0 Å². The van der Waals surface area contributed by atoms with Gasteiger partial charge in [0.05, 0.1) is 11.3 Å². The first kappa shape index (κ1) is 20.4. The van der Waals surface area contributed by atoms with Crippen LogP contribution in [0.25, 0.3) is 0 Å². The number of benzene rings is 2. The van der Waals surface area contributed by atoms with Crippen LogP contribution in [-0.2, 0) is 4.79 Å². The van der Waals surface area contributed by atoms with Crippen LogP contribution < -0.4 is 15.4 Å². The number of amides is 2. The molecular formula is C20H24FN3O3. The molecule has 0 bridgehead atoms. The van der Waals surface area contributed by atoms with Crippen LogP contribution in [0.5, 0.6) is 5.75 Å². The van der Waals surface area contributed by atoms with E-state index in [1.165, 1.54) is 18.2 Å². The first-order valence-corrected chi connectivity index (χ1v) is 8.66. The number of hydrogen-bond donors (Lipinski definition) is 2. The van der Waals surface area contributed by atoms with Gasteiger partial charge in [0.1, 0.15) is 11.6 Å². The maximum absolute atomic E-state index is 13.6. The van der Waals surface area contributed by atoms with Gasteiger partial charge in [-0.2, -0.15) is 0 Å². The molecule has 2 aromatic rings. The number of ether oxygens (including phenoxy) is 1. The Morgan fingerprint density at radius 1 is 1.07 bits per heavy atom. The van der Waals surface area contributed by atoms with Gasteiger partial charge in [-0.05, 0) is 51.3 Å². The molecule has 144 valence electrons. The predicted molar refractivity (Wildman–Crippen MR) is 102 cm³/mol. The minimum atomic E-state index is -0.525. The van der Waals surface area contributed by atoms with Crippen molar-refractivity contribution < 1.29 is 18.7 Å². The Labute approximate surface area is 158 Å². The summed E-state index contributed by atoms with van der Waals surface area (Å²) >= 11 is 0. The van der Waals surface area contributed by atoms with Gasteiger partial charge in [0.15, 0.2) is 6.61 Å². The Hall–Kier alpha value is -2.93. The molecule has 0 fully saturated rings. The lowest BCUT2D eigenvalue weighted by atomic mass is 10.2. The maximum atomic E-state index is 13.6. The summed E-state index contributed by atoms with van der Waals surface area (Å²) in [6.45, 7) is 1.08. The molecule has 0 aliphatic heterocycles. The van der Waals surface area contributed by atoms with Crippen molar-refractivity contribution >= 4 is 17.5 Å². The van der Waals surface area contributed by atoms with Crippen LogP contribution in [0, 0.1) is 5.82 Å². The molecule has 2 rings (SSSR count). The highest BCUT2D eigenvalue weighted by atomic mass is 19.1. The van der Waals surface area contributed by atoms with E-state index in [1.807, 2.05) is 19.0 Å². The number of halogens is 1. The van der Waals surface area contributed by atoms with Gasteiger partial charge < -0.3 is 20.3 Å². The summed E-state index contributed by atoms with van der Waals surface area (Å²) in [5.74, 6) is -1.00. The van der Waals surface area contributed by atoms with Gasteiger partial charge in [0.25, 0.3) is 11.8 Å². The average molecular weight is 373 g/mol. The normalized spacial score (nSPS) is 10.5. The Kier molecular flexibility index (Phi) is 7.76. The highest BCUT2D eigenvalue weighted by Gasteiger charge is 2.13. The van der Waals surface area contributed by atoms with E-state index >= 15 is 0 Å². The zero-order valence-electron chi connectivity index (χ0n) is 15.5. The standard InChI is InChI=1S/C20H24FN3O3/c1-24(2)13-7-12-22-20(26)15-8-3-6-11-18(15)27-14-19(25)23-17-10-5-4-9-16(17)21/h3-6,8-11H,7,12-14H2,1-2H3,(H,22,26)(H,23,25). The van der Waals surface area contributed by atoms with E-state index in [9.17, 15) is 14.0 Å². The number of nitrogens with one attached hydrogen (secondary N) is 2. The second kappa shape index (κ2) is 10.3. The van der Waals surface area contributed by atoms with Crippen LogP contribution in [0.4, 0.5) is 10.1 Å². The van der Waals surface area contributed by atoms with Crippen molar-refractivity contribution in [2.75, 3.05) is 39.1 Å². The lowest BCUT2D eigenvalue weighted by Gasteiger charge is -2.13. The minimum absolute atomic E-state index is 0.0815. The van der Waals surface area contributed by atoms with Crippen molar-refractivity contribution in [3.8, 4) is 5.75 Å². The SMILES string of the molecule is CN(C)CCCNC(=O)c1ccccc1OCC(=O)Nc1ccccc1F. The highest BCUT2D eigenvalue weighted by Crippen LogP contribution is 2.18. The van der Waals surface area contributed by atoms with E-state index in [2.05, 4.69) is 10.6 Å². The minimum Gasteiger partial charge on any atom is -0.483 e. The fourth-order valence-corrected chi connectivity index (χ4v) is 2.36. The lowest BCUT2D eigenvalue weighted by molar-refractivity contribution is -0.118. The maximum Gasteiger partial charge on any atom is 0.262 e. The molecule has 0 aliphatic carbocycles. The fraction of sp³-hybridized carbons (Fsp3) is 0.300. The van der Waals surface area contributed by atoms with Crippen molar-refractivity contribution in [3.05, 3.63) is 59.9 Å². The van der Waals surface area contributed by atoms with Crippen LogP contribution in [-0.4, -0.2) is 50.5 Å². The van der Waals surface area contributed by atoms with Crippen LogP contribution in [0.3, 0.4) is 0 Å². The predicted octanol–water partition coefficient (Wildman–Crippen LogP) is 2.52. The average Bonchev–Trinajstić information content (AvgIpc) is 2.65. The van der Waals surface area contributed by atoms with Gasteiger partial charge >= 0.3 is 0 Å². The smallest absolute Gasteiger partial charge is 0.262 e. The van der Waals surface area contributed by atoms with Crippen LogP contribution in [0.2, 0.25) is 0 Å². The highest BCUT2D eigenvalue weighted by molar-refractivity contribution is 5.97. The van der Waals surface area contributed by atoms with Crippen molar-refractivity contribution in [2.45, 2.75) is 6.42 Å². The molecule has 2 N–H and O–H groups in total. The third kappa shape index (κ3) is 6.71. The van der Waals surface area contributed by atoms with Gasteiger partial charge in [-0.15, -0.1) is 0 Å². The molecule has 0 radical (unpaired) electrons. The number of anilines is 1. The zero-order chi connectivity index (χ0) is 19.6. The van der Waals surface area contributed by atoms with E-state index in [1.54, 1.807) is 30.3 Å². The van der Waals surface area contributed by atoms with Gasteiger partial charge in [-0.25, -0.2) is 4.39 Å². The molecule has 0 heterocycles. The van der Waals surface area contributed by atoms with E-state index in [0.29, 0.717) is 17.9 Å². The number of nitrogens with zero attached hydrogens (tertiary/aromatic N) is 1. The molecule has 0 atom stereocenters. The lowest BCUT2D eigenvalue weighted by Crippen LogP contribution is -2.28. The van der Waals surface area contributed by atoms with Crippen LogP contribution >= 0.6 is 0 Å². The Bertz CT molecular complexity index is 781. The van der Waals surface area contributed by atoms with Crippen molar-refractivity contribution in [3.63, 3.8) is 0 Å². The van der Waals surface area contributed by atoms with Crippen molar-refractivity contribution in [1.29, 1.82) is 0 Å². The first-order valence-electron chi connectivity index (χ1n) is 8.66. The summed E-state index contributed by atoms with van der Waals surface area (Å²) in [6.07, 6.45) is 0.826. The molecule has 2 amide bonds. The third-order valence-electron chi connectivity index (χ3n) is 3.71.